The van der Waals surface area contributed by atoms with Crippen molar-refractivity contribution in [3.63, 3.8) is 0 Å². The van der Waals surface area contributed by atoms with Crippen LogP contribution in [0.5, 0.6) is 5.88 Å². The monoisotopic (exact) mass is 774 g/mol. The summed E-state index contributed by atoms with van der Waals surface area (Å²) in [6.07, 6.45) is -0.650. The smallest absolute Gasteiger partial charge is 0.407 e. The molecule has 4 aromatic rings. The summed E-state index contributed by atoms with van der Waals surface area (Å²) in [6, 6.07) is 18.6. The summed E-state index contributed by atoms with van der Waals surface area (Å²) < 4.78 is 68.5. The van der Waals surface area contributed by atoms with Gasteiger partial charge in [-0.05, 0) is 98.6 Å². The van der Waals surface area contributed by atoms with Crippen LogP contribution in [0.3, 0.4) is 0 Å². The average molecular weight is 775 g/mol. The van der Waals surface area contributed by atoms with Gasteiger partial charge in [0.15, 0.2) is 3.95 Å². The van der Waals surface area contributed by atoms with Crippen molar-refractivity contribution in [3.8, 4) is 17.0 Å². The standard InChI is InChI=1S/C34H38N4O9S4/c1-6-46-29(39)21-38-31(40)30(49-33(38)48)22(2)25-8-7-9-26(20-25)37-51(44,45)28-16-12-24(13-17-28)23-10-14-27(15-11-23)50(42,43)36-19-18-35-32(41)47-34(3,4)5/h7-17,20,36-37,40H,2,6,18-19,21H2,1,3-5H3,(H,35,41). The molecule has 0 unspecified atom stereocenters. The fourth-order valence-electron chi connectivity index (χ4n) is 4.58. The van der Waals surface area contributed by atoms with Crippen LogP contribution in [0, 0.1) is 3.95 Å². The highest BCUT2D eigenvalue weighted by atomic mass is 32.2. The first-order valence-electron chi connectivity index (χ1n) is 15.5. The van der Waals surface area contributed by atoms with E-state index >= 15 is 0 Å². The van der Waals surface area contributed by atoms with Gasteiger partial charge in [0.05, 0.1) is 21.3 Å². The van der Waals surface area contributed by atoms with E-state index in [4.69, 9.17) is 21.7 Å². The molecular formula is C34H38N4O9S4. The van der Waals surface area contributed by atoms with Gasteiger partial charge in [-0.25, -0.2) is 26.4 Å². The summed E-state index contributed by atoms with van der Waals surface area (Å²) in [5.74, 6) is -0.796. The number of hydrogen-bond acceptors (Lipinski definition) is 11. The zero-order valence-corrected chi connectivity index (χ0v) is 31.5. The molecule has 0 radical (unpaired) electrons. The fourth-order valence-corrected chi connectivity index (χ4v) is 7.95. The second kappa shape index (κ2) is 16.2. The van der Waals surface area contributed by atoms with Gasteiger partial charge in [-0.2, -0.15) is 0 Å². The second-order valence-electron chi connectivity index (χ2n) is 12.0. The lowest BCUT2D eigenvalue weighted by Crippen LogP contribution is -2.37. The van der Waals surface area contributed by atoms with E-state index in [1.165, 1.54) is 28.8 Å². The number of anilines is 1. The van der Waals surface area contributed by atoms with Crippen LogP contribution < -0.4 is 14.8 Å². The number of thiazole rings is 1. The Bertz CT molecular complexity index is 2190. The first-order valence-corrected chi connectivity index (χ1v) is 19.7. The molecule has 1 amide bonds. The van der Waals surface area contributed by atoms with Crippen molar-refractivity contribution in [1.29, 1.82) is 0 Å². The number of alkyl carbamates (subject to hydrolysis) is 1. The number of nitrogens with zero attached hydrogens (tertiary/aromatic N) is 1. The quantitative estimate of drug-likeness (QED) is 0.0686. The van der Waals surface area contributed by atoms with E-state index in [2.05, 4.69) is 21.3 Å². The lowest BCUT2D eigenvalue weighted by molar-refractivity contribution is -0.143. The number of ether oxygens (including phenoxy) is 2. The highest BCUT2D eigenvalue weighted by Gasteiger charge is 2.21. The topological polar surface area (TPSA) is 182 Å². The number of rotatable bonds is 14. The Balaban J connectivity index is 1.40. The van der Waals surface area contributed by atoms with Gasteiger partial charge in [0.1, 0.15) is 12.1 Å². The number of aromatic nitrogens is 1. The third-order valence-corrected chi connectivity index (χ3v) is 11.3. The molecule has 0 aliphatic carbocycles. The van der Waals surface area contributed by atoms with Crippen molar-refractivity contribution >= 4 is 66.9 Å². The summed E-state index contributed by atoms with van der Waals surface area (Å²) in [5.41, 5.74) is 1.78. The normalized spacial score (nSPS) is 11.8. The number of hydrogen-bond donors (Lipinski definition) is 4. The summed E-state index contributed by atoms with van der Waals surface area (Å²) in [7, 11) is -7.87. The Hall–Kier alpha value is -4.55. The molecule has 0 aliphatic heterocycles. The van der Waals surface area contributed by atoms with Gasteiger partial charge >= 0.3 is 12.1 Å². The Labute approximate surface area is 306 Å². The van der Waals surface area contributed by atoms with Crippen molar-refractivity contribution < 1.29 is 41.0 Å². The van der Waals surface area contributed by atoms with Gasteiger partial charge in [0.25, 0.3) is 10.0 Å². The van der Waals surface area contributed by atoms with Crippen LogP contribution in [0.1, 0.15) is 38.1 Å². The van der Waals surface area contributed by atoms with E-state index in [0.717, 1.165) is 11.3 Å². The van der Waals surface area contributed by atoms with Crippen molar-refractivity contribution in [1.82, 2.24) is 14.6 Å². The molecule has 1 heterocycles. The third kappa shape index (κ3) is 10.5. The van der Waals surface area contributed by atoms with Crippen LogP contribution in [0.2, 0.25) is 0 Å². The maximum atomic E-state index is 13.3. The SMILES string of the molecule is C=C(c1cccc(NS(=O)(=O)c2ccc(-c3ccc(S(=O)(=O)NCCNC(=O)OC(C)(C)C)cc3)cc2)c1)c1sc(=S)n(CC(=O)OCC)c1O. The van der Waals surface area contributed by atoms with Crippen LogP contribution in [0.4, 0.5) is 10.5 Å². The zero-order chi connectivity index (χ0) is 37.6. The molecule has 0 spiro atoms. The van der Waals surface area contributed by atoms with Gasteiger partial charge in [-0.1, -0.05) is 43.0 Å². The van der Waals surface area contributed by atoms with Crippen molar-refractivity contribution in [3.05, 3.63) is 93.8 Å². The fraction of sp³-hybridized carbons (Fsp3) is 0.265. The molecule has 4 rings (SSSR count). The summed E-state index contributed by atoms with van der Waals surface area (Å²) in [5, 5.41) is 13.3. The lowest BCUT2D eigenvalue weighted by atomic mass is 10.1. The molecule has 0 aliphatic rings. The van der Waals surface area contributed by atoms with E-state index in [0.29, 0.717) is 27.1 Å². The van der Waals surface area contributed by atoms with Crippen LogP contribution in [0.25, 0.3) is 16.7 Å². The minimum Gasteiger partial charge on any atom is -0.493 e. The number of carbonyl (C=O) groups is 2. The maximum Gasteiger partial charge on any atom is 0.407 e. The van der Waals surface area contributed by atoms with E-state index in [9.17, 15) is 31.5 Å². The van der Waals surface area contributed by atoms with Crippen molar-refractivity contribution in [2.45, 2.75) is 49.6 Å². The van der Waals surface area contributed by atoms with E-state index < -0.39 is 37.7 Å². The third-order valence-electron chi connectivity index (χ3n) is 6.95. The highest BCUT2D eigenvalue weighted by Crippen LogP contribution is 2.36. The number of benzene rings is 3. The lowest BCUT2D eigenvalue weighted by Gasteiger charge is -2.19. The molecule has 0 fully saturated rings. The molecule has 51 heavy (non-hydrogen) atoms. The number of carbonyl (C=O) groups excluding carboxylic acids is 2. The molecule has 3 aromatic carbocycles. The highest BCUT2D eigenvalue weighted by molar-refractivity contribution is 7.92. The predicted molar refractivity (Wildman–Crippen MR) is 198 cm³/mol. The first-order chi connectivity index (χ1) is 23.9. The molecule has 0 atom stereocenters. The molecule has 4 N–H and O–H groups in total. The minimum atomic E-state index is -4.02. The number of amides is 1. The van der Waals surface area contributed by atoms with Gasteiger partial charge in [0.2, 0.25) is 15.9 Å². The maximum absolute atomic E-state index is 13.3. The van der Waals surface area contributed by atoms with Gasteiger partial charge in [0, 0.05) is 18.8 Å². The molecule has 17 heteroatoms. The molecule has 13 nitrogen and oxygen atoms in total. The van der Waals surface area contributed by atoms with Gasteiger partial charge in [-0.3, -0.25) is 14.1 Å². The predicted octanol–water partition coefficient (Wildman–Crippen LogP) is 5.88. The Kier molecular flexibility index (Phi) is 12.5. The van der Waals surface area contributed by atoms with Gasteiger partial charge < -0.3 is 19.9 Å². The van der Waals surface area contributed by atoms with Crippen LogP contribution in [-0.2, 0) is 40.9 Å². The number of nitrogens with one attached hydrogen (secondary N) is 3. The summed E-state index contributed by atoms with van der Waals surface area (Å²) in [4.78, 5) is 24.0. The summed E-state index contributed by atoms with van der Waals surface area (Å²) >= 11 is 6.38. The van der Waals surface area contributed by atoms with Crippen LogP contribution in [-0.4, -0.2) is 63.9 Å². The van der Waals surface area contributed by atoms with Crippen molar-refractivity contribution in [2.75, 3.05) is 24.4 Å². The Morgan fingerprint density at radius 1 is 0.922 bits per heavy atom. The first kappa shape index (κ1) is 39.2. The summed E-state index contributed by atoms with van der Waals surface area (Å²) in [6.45, 7) is 10.8. The van der Waals surface area contributed by atoms with E-state index in [-0.39, 0.29) is 51.6 Å². The zero-order valence-electron chi connectivity index (χ0n) is 28.3. The Morgan fingerprint density at radius 3 is 2.08 bits per heavy atom. The minimum absolute atomic E-state index is 0.00877. The van der Waals surface area contributed by atoms with E-state index in [1.54, 1.807) is 76.2 Å². The average Bonchev–Trinajstić information content (AvgIpc) is 3.34. The van der Waals surface area contributed by atoms with Crippen LogP contribution >= 0.6 is 23.6 Å². The Morgan fingerprint density at radius 2 is 1.51 bits per heavy atom. The molecule has 0 saturated carbocycles. The molecule has 0 bridgehead atoms. The molecule has 272 valence electrons. The van der Waals surface area contributed by atoms with Crippen molar-refractivity contribution in [2.24, 2.45) is 0 Å². The number of esters is 1. The van der Waals surface area contributed by atoms with E-state index in [1.807, 2.05) is 0 Å². The molecule has 0 saturated heterocycles. The van der Waals surface area contributed by atoms with Crippen LogP contribution in [0.15, 0.2) is 89.2 Å². The largest absolute Gasteiger partial charge is 0.493 e. The molecule has 1 aromatic heterocycles. The number of sulfonamides is 2. The van der Waals surface area contributed by atoms with Gasteiger partial charge in [-0.15, -0.1) is 11.3 Å². The molecular weight excluding hydrogens is 737 g/mol. The second-order valence-corrected chi connectivity index (χ2v) is 17.0. The number of aromatic hydroxyl groups is 1.